The molecular formula is C13H16N2. The van der Waals surface area contributed by atoms with Crippen LogP contribution in [-0.4, -0.2) is 12.6 Å². The summed E-state index contributed by atoms with van der Waals surface area (Å²) in [7, 11) is 0. The monoisotopic (exact) mass is 200 g/mol. The van der Waals surface area contributed by atoms with E-state index in [-0.39, 0.29) is 0 Å². The maximum atomic E-state index is 9.11. The molecule has 15 heavy (non-hydrogen) atoms. The summed E-state index contributed by atoms with van der Waals surface area (Å²) in [6.07, 6.45) is 2.54. The third-order valence-electron chi connectivity index (χ3n) is 2.97. The van der Waals surface area contributed by atoms with Gasteiger partial charge in [0.05, 0.1) is 11.3 Å². The Balaban J connectivity index is 2.44. The Labute approximate surface area is 91.1 Å². The number of nitrogens with zero attached hydrogens (tertiary/aromatic N) is 2. The maximum Gasteiger partial charge on any atom is 0.101 e. The average molecular weight is 200 g/mol. The maximum absolute atomic E-state index is 9.11. The van der Waals surface area contributed by atoms with Crippen molar-refractivity contribution in [3.8, 4) is 6.07 Å². The highest BCUT2D eigenvalue weighted by molar-refractivity contribution is 5.65. The normalized spacial score (nSPS) is 14.7. The fraction of sp³-hybridized carbons (Fsp3) is 0.462. The van der Waals surface area contributed by atoms with Crippen LogP contribution in [0.3, 0.4) is 0 Å². The van der Waals surface area contributed by atoms with Crippen molar-refractivity contribution in [3.63, 3.8) is 0 Å². The minimum absolute atomic E-state index is 0.670. The molecule has 1 fully saturated rings. The predicted octanol–water partition coefficient (Wildman–Crippen LogP) is 2.86. The Hall–Kier alpha value is -1.49. The summed E-state index contributed by atoms with van der Waals surface area (Å²) in [5.41, 5.74) is 3.16. The van der Waals surface area contributed by atoms with Gasteiger partial charge in [-0.15, -0.1) is 0 Å². The Kier molecular flexibility index (Phi) is 2.64. The zero-order valence-electron chi connectivity index (χ0n) is 9.33. The Bertz CT molecular complexity index is 399. The van der Waals surface area contributed by atoms with Gasteiger partial charge in [0.2, 0.25) is 0 Å². The lowest BCUT2D eigenvalue weighted by Gasteiger charge is -2.25. The van der Waals surface area contributed by atoms with E-state index >= 15 is 0 Å². The molecule has 0 aliphatic heterocycles. The van der Waals surface area contributed by atoms with Crippen molar-refractivity contribution in [1.82, 2.24) is 0 Å². The number of aryl methyl sites for hydroxylation is 1. The number of anilines is 1. The summed E-state index contributed by atoms with van der Waals surface area (Å²) in [5, 5.41) is 9.11. The van der Waals surface area contributed by atoms with E-state index in [4.69, 9.17) is 5.26 Å². The first-order valence-electron chi connectivity index (χ1n) is 5.54. The van der Waals surface area contributed by atoms with E-state index in [0.29, 0.717) is 6.04 Å². The first-order chi connectivity index (χ1) is 7.27. The van der Waals surface area contributed by atoms with Gasteiger partial charge in [-0.25, -0.2) is 0 Å². The molecule has 0 spiro atoms. The standard InChI is InChI=1S/C13H16N2/c1-3-15(12-7-8-12)13-10(2)5-4-6-11(13)9-14/h4-6,12H,3,7-8H2,1-2H3. The third-order valence-corrected chi connectivity index (χ3v) is 2.97. The number of para-hydroxylation sites is 1. The second-order valence-corrected chi connectivity index (χ2v) is 4.10. The van der Waals surface area contributed by atoms with Crippen molar-refractivity contribution < 1.29 is 0 Å². The molecule has 2 nitrogen and oxygen atoms in total. The quantitative estimate of drug-likeness (QED) is 0.750. The van der Waals surface area contributed by atoms with E-state index < -0.39 is 0 Å². The van der Waals surface area contributed by atoms with Crippen LogP contribution in [0.25, 0.3) is 0 Å². The zero-order chi connectivity index (χ0) is 10.8. The average Bonchev–Trinajstić information content (AvgIpc) is 3.05. The lowest BCUT2D eigenvalue weighted by atomic mass is 10.1. The van der Waals surface area contributed by atoms with Crippen LogP contribution in [0.4, 0.5) is 5.69 Å². The van der Waals surface area contributed by atoms with E-state index in [2.05, 4.69) is 30.9 Å². The van der Waals surface area contributed by atoms with Gasteiger partial charge in [-0.1, -0.05) is 12.1 Å². The van der Waals surface area contributed by atoms with Gasteiger partial charge in [0.25, 0.3) is 0 Å². The van der Waals surface area contributed by atoms with Crippen LogP contribution in [0.2, 0.25) is 0 Å². The molecule has 1 aromatic rings. The van der Waals surface area contributed by atoms with Crippen molar-refractivity contribution in [2.24, 2.45) is 0 Å². The number of rotatable bonds is 3. The first-order valence-corrected chi connectivity index (χ1v) is 5.54. The van der Waals surface area contributed by atoms with Crippen molar-refractivity contribution in [2.45, 2.75) is 32.7 Å². The molecule has 1 aliphatic rings. The minimum atomic E-state index is 0.670. The van der Waals surface area contributed by atoms with Crippen LogP contribution in [0.1, 0.15) is 30.9 Å². The van der Waals surface area contributed by atoms with Gasteiger partial charge in [0.1, 0.15) is 6.07 Å². The van der Waals surface area contributed by atoms with Crippen LogP contribution in [0.5, 0.6) is 0 Å². The molecule has 0 aromatic heterocycles. The van der Waals surface area contributed by atoms with Crippen molar-refractivity contribution >= 4 is 5.69 Å². The van der Waals surface area contributed by atoms with Gasteiger partial charge in [-0.05, 0) is 38.3 Å². The van der Waals surface area contributed by atoms with Crippen molar-refractivity contribution in [3.05, 3.63) is 29.3 Å². The largest absolute Gasteiger partial charge is 0.368 e. The highest BCUT2D eigenvalue weighted by Crippen LogP contribution is 2.35. The van der Waals surface area contributed by atoms with Gasteiger partial charge < -0.3 is 4.90 Å². The molecule has 2 rings (SSSR count). The second-order valence-electron chi connectivity index (χ2n) is 4.10. The smallest absolute Gasteiger partial charge is 0.101 e. The summed E-state index contributed by atoms with van der Waals surface area (Å²) < 4.78 is 0. The molecule has 0 saturated heterocycles. The Morgan fingerprint density at radius 1 is 1.47 bits per heavy atom. The second kappa shape index (κ2) is 3.94. The van der Waals surface area contributed by atoms with E-state index in [0.717, 1.165) is 17.8 Å². The fourth-order valence-corrected chi connectivity index (χ4v) is 2.12. The number of hydrogen-bond acceptors (Lipinski definition) is 2. The van der Waals surface area contributed by atoms with Crippen LogP contribution < -0.4 is 4.90 Å². The summed E-state index contributed by atoms with van der Waals surface area (Å²) in [6.45, 7) is 5.23. The molecule has 0 amide bonds. The van der Waals surface area contributed by atoms with Crippen LogP contribution >= 0.6 is 0 Å². The molecule has 1 saturated carbocycles. The van der Waals surface area contributed by atoms with Gasteiger partial charge >= 0.3 is 0 Å². The molecule has 78 valence electrons. The predicted molar refractivity (Wildman–Crippen MR) is 61.9 cm³/mol. The van der Waals surface area contributed by atoms with Crippen molar-refractivity contribution in [1.29, 1.82) is 5.26 Å². The highest BCUT2D eigenvalue weighted by atomic mass is 15.2. The molecular weight excluding hydrogens is 184 g/mol. The summed E-state index contributed by atoms with van der Waals surface area (Å²) in [6, 6.07) is 8.91. The van der Waals surface area contributed by atoms with Crippen LogP contribution in [0, 0.1) is 18.3 Å². The van der Waals surface area contributed by atoms with E-state index in [9.17, 15) is 0 Å². The molecule has 0 N–H and O–H groups in total. The number of benzene rings is 1. The SMILES string of the molecule is CCN(c1c(C)cccc1C#N)C1CC1. The number of hydrogen-bond donors (Lipinski definition) is 0. The van der Waals surface area contributed by atoms with Gasteiger partial charge in [-0.3, -0.25) is 0 Å². The van der Waals surface area contributed by atoms with Gasteiger partial charge in [0, 0.05) is 12.6 Å². The topological polar surface area (TPSA) is 27.0 Å². The highest BCUT2D eigenvalue weighted by Gasteiger charge is 2.30. The van der Waals surface area contributed by atoms with Crippen LogP contribution in [0.15, 0.2) is 18.2 Å². The van der Waals surface area contributed by atoms with E-state index in [1.54, 1.807) is 0 Å². The molecule has 0 bridgehead atoms. The van der Waals surface area contributed by atoms with E-state index in [1.807, 2.05) is 12.1 Å². The van der Waals surface area contributed by atoms with E-state index in [1.165, 1.54) is 18.4 Å². The summed E-state index contributed by atoms with van der Waals surface area (Å²) in [4.78, 5) is 2.37. The number of nitriles is 1. The zero-order valence-corrected chi connectivity index (χ0v) is 9.33. The molecule has 0 unspecified atom stereocenters. The molecule has 2 heteroatoms. The van der Waals surface area contributed by atoms with Crippen molar-refractivity contribution in [2.75, 3.05) is 11.4 Å². The first kappa shape index (κ1) is 10.0. The van der Waals surface area contributed by atoms with Gasteiger partial charge in [0.15, 0.2) is 0 Å². The van der Waals surface area contributed by atoms with Gasteiger partial charge in [-0.2, -0.15) is 5.26 Å². The third kappa shape index (κ3) is 1.83. The minimum Gasteiger partial charge on any atom is -0.368 e. The van der Waals surface area contributed by atoms with Crippen LogP contribution in [-0.2, 0) is 0 Å². The molecule has 0 radical (unpaired) electrons. The summed E-state index contributed by atoms with van der Waals surface area (Å²) in [5.74, 6) is 0. The Morgan fingerprint density at radius 3 is 2.73 bits per heavy atom. The Morgan fingerprint density at radius 2 is 2.20 bits per heavy atom. The summed E-state index contributed by atoms with van der Waals surface area (Å²) >= 11 is 0. The molecule has 1 aliphatic carbocycles. The fourth-order valence-electron chi connectivity index (χ4n) is 2.12. The molecule has 0 atom stereocenters. The lowest BCUT2D eigenvalue weighted by Crippen LogP contribution is -2.26. The molecule has 0 heterocycles. The molecule has 1 aromatic carbocycles. The lowest BCUT2D eigenvalue weighted by molar-refractivity contribution is 0.821.